The van der Waals surface area contributed by atoms with Crippen LogP contribution in [0.25, 0.3) is 0 Å². The van der Waals surface area contributed by atoms with E-state index in [0.717, 1.165) is 17.0 Å². The summed E-state index contributed by atoms with van der Waals surface area (Å²) in [6, 6.07) is 13.3. The minimum absolute atomic E-state index is 0.111. The van der Waals surface area contributed by atoms with E-state index in [0.29, 0.717) is 42.9 Å². The van der Waals surface area contributed by atoms with Crippen molar-refractivity contribution < 1.29 is 24.0 Å². The molecule has 1 heterocycles. The number of likely N-dealkylation sites (N-methyl/N-ethyl adjacent to an activating group) is 1. The molecule has 2 amide bonds. The lowest BCUT2D eigenvalue weighted by atomic mass is 9.99. The van der Waals surface area contributed by atoms with Crippen molar-refractivity contribution in [2.45, 2.75) is 33.1 Å². The molecule has 1 aliphatic rings. The Hall–Kier alpha value is -3.06. The molecule has 1 aliphatic heterocycles. The molecular weight excluding hydrogens is 394 g/mol. The Kier molecular flexibility index (Phi) is 7.89. The number of carbonyl (C=O) groups excluding carboxylic acids is 2. The third-order valence-corrected chi connectivity index (χ3v) is 5.52. The van der Waals surface area contributed by atoms with E-state index in [9.17, 15) is 9.59 Å². The fraction of sp³-hybridized carbons (Fsp3) is 0.417. The van der Waals surface area contributed by atoms with E-state index < -0.39 is 0 Å². The van der Waals surface area contributed by atoms with Crippen LogP contribution in [0, 0.1) is 0 Å². The van der Waals surface area contributed by atoms with Crippen LogP contribution in [0.15, 0.2) is 42.5 Å². The van der Waals surface area contributed by atoms with Gasteiger partial charge < -0.3 is 25.0 Å². The Morgan fingerprint density at radius 3 is 2.10 bits per heavy atom. The Morgan fingerprint density at radius 2 is 1.48 bits per heavy atom. The summed E-state index contributed by atoms with van der Waals surface area (Å²) in [5.74, 6) is 1.54. The van der Waals surface area contributed by atoms with Gasteiger partial charge in [0.15, 0.2) is 24.6 Å². The molecule has 7 heteroatoms. The lowest BCUT2D eigenvalue weighted by molar-refractivity contribution is -0.881. The number of nitrogens with one attached hydrogen (secondary N) is 3. The number of carbonyl (C=O) groups is 2. The van der Waals surface area contributed by atoms with E-state index in [1.807, 2.05) is 19.1 Å². The third kappa shape index (κ3) is 6.46. The molecular formula is C24H32N3O4+. The van der Waals surface area contributed by atoms with Crippen molar-refractivity contribution in [3.8, 4) is 11.5 Å². The molecule has 0 saturated carbocycles. The highest BCUT2D eigenvalue weighted by atomic mass is 16.6. The van der Waals surface area contributed by atoms with Crippen LogP contribution in [-0.2, 0) is 9.59 Å². The number of ether oxygens (including phenoxy) is 2. The second kappa shape index (κ2) is 10.8. The quantitative estimate of drug-likeness (QED) is 0.575. The van der Waals surface area contributed by atoms with Crippen LogP contribution in [-0.4, -0.2) is 44.7 Å². The smallest absolute Gasteiger partial charge is 0.279 e. The Bertz CT molecular complexity index is 898. The maximum Gasteiger partial charge on any atom is 0.279 e. The molecule has 166 valence electrons. The second-order valence-electron chi connectivity index (χ2n) is 7.84. The van der Waals surface area contributed by atoms with Crippen LogP contribution in [0.4, 0.5) is 11.4 Å². The highest BCUT2D eigenvalue weighted by Gasteiger charge is 2.18. The Labute approximate surface area is 183 Å². The molecule has 0 bridgehead atoms. The average molecular weight is 427 g/mol. The lowest BCUT2D eigenvalue weighted by Gasteiger charge is -2.20. The molecule has 0 aromatic heterocycles. The summed E-state index contributed by atoms with van der Waals surface area (Å²) in [7, 11) is 0. The number of anilines is 2. The topological polar surface area (TPSA) is 81.1 Å². The van der Waals surface area contributed by atoms with Crippen LogP contribution in [0.5, 0.6) is 11.5 Å². The third-order valence-electron chi connectivity index (χ3n) is 5.52. The second-order valence-corrected chi connectivity index (χ2v) is 7.84. The van der Waals surface area contributed by atoms with Crippen molar-refractivity contribution in [1.82, 2.24) is 0 Å². The number of amides is 2. The Balaban J connectivity index is 1.50. The van der Waals surface area contributed by atoms with Crippen molar-refractivity contribution in [1.29, 1.82) is 0 Å². The molecule has 2 aromatic rings. The highest BCUT2D eigenvalue weighted by Crippen LogP contribution is 2.32. The molecule has 3 rings (SSSR count). The first kappa shape index (κ1) is 22.6. The van der Waals surface area contributed by atoms with Crippen LogP contribution in [0.3, 0.4) is 0 Å². The number of hydrogen-bond donors (Lipinski definition) is 3. The zero-order chi connectivity index (χ0) is 22.2. The highest BCUT2D eigenvalue weighted by molar-refractivity contribution is 5.93. The number of fused-ring (bicyclic) bond motifs is 1. The van der Waals surface area contributed by atoms with Crippen molar-refractivity contribution in [3.63, 3.8) is 0 Å². The minimum atomic E-state index is -0.153. The molecule has 7 nitrogen and oxygen atoms in total. The molecule has 0 fully saturated rings. The van der Waals surface area contributed by atoms with Crippen molar-refractivity contribution in [2.75, 3.05) is 43.5 Å². The summed E-state index contributed by atoms with van der Waals surface area (Å²) < 4.78 is 11.0. The molecule has 2 aromatic carbocycles. The van der Waals surface area contributed by atoms with E-state index >= 15 is 0 Å². The van der Waals surface area contributed by atoms with Crippen molar-refractivity contribution >= 4 is 23.2 Å². The summed E-state index contributed by atoms with van der Waals surface area (Å²) in [4.78, 5) is 25.8. The van der Waals surface area contributed by atoms with Gasteiger partial charge >= 0.3 is 0 Å². The van der Waals surface area contributed by atoms with Crippen LogP contribution < -0.4 is 25.0 Å². The number of hydrogen-bond acceptors (Lipinski definition) is 4. The molecule has 1 unspecified atom stereocenters. The van der Waals surface area contributed by atoms with E-state index in [4.69, 9.17) is 9.47 Å². The predicted octanol–water partition coefficient (Wildman–Crippen LogP) is 2.45. The zero-order valence-electron chi connectivity index (χ0n) is 18.5. The first-order valence-corrected chi connectivity index (χ1v) is 10.9. The maximum absolute atomic E-state index is 12.5. The van der Waals surface area contributed by atoms with Gasteiger partial charge in [0, 0.05) is 17.4 Å². The van der Waals surface area contributed by atoms with Gasteiger partial charge in [0.2, 0.25) is 0 Å². The van der Waals surface area contributed by atoms with Crippen molar-refractivity contribution in [3.05, 3.63) is 48.0 Å². The summed E-state index contributed by atoms with van der Waals surface area (Å²) >= 11 is 0. The summed E-state index contributed by atoms with van der Waals surface area (Å²) in [5.41, 5.74) is 2.68. The van der Waals surface area contributed by atoms with E-state index in [1.54, 1.807) is 18.2 Å². The molecule has 0 spiro atoms. The number of rotatable bonds is 9. The molecule has 0 saturated heterocycles. The molecule has 3 N–H and O–H groups in total. The van der Waals surface area contributed by atoms with Gasteiger partial charge in [-0.1, -0.05) is 26.0 Å². The molecule has 0 aliphatic carbocycles. The predicted molar refractivity (Wildman–Crippen MR) is 121 cm³/mol. The van der Waals surface area contributed by atoms with E-state index in [-0.39, 0.29) is 24.9 Å². The van der Waals surface area contributed by atoms with Gasteiger partial charge in [-0.2, -0.15) is 0 Å². The van der Waals surface area contributed by atoms with Gasteiger partial charge in [0.25, 0.3) is 11.8 Å². The first-order valence-electron chi connectivity index (χ1n) is 10.9. The van der Waals surface area contributed by atoms with Gasteiger partial charge in [0.05, 0.1) is 6.54 Å². The standard InChI is InChI=1S/C24H31N3O4/c1-4-17(3)18-6-8-19(9-7-18)25-23(28)15-27(5-2)16-24(29)26-20-10-11-21-22(14-20)31-13-12-30-21/h6-11,14,17H,4-5,12-13,15-16H2,1-3H3,(H,25,28)(H,26,29)/p+1/t17-/m0/s1. The van der Waals surface area contributed by atoms with E-state index in [1.165, 1.54) is 5.56 Å². The molecule has 31 heavy (non-hydrogen) atoms. The average Bonchev–Trinajstić information content (AvgIpc) is 2.78. The van der Waals surface area contributed by atoms with Crippen LogP contribution >= 0.6 is 0 Å². The largest absolute Gasteiger partial charge is 0.486 e. The van der Waals surface area contributed by atoms with Gasteiger partial charge in [-0.3, -0.25) is 9.59 Å². The fourth-order valence-electron chi connectivity index (χ4n) is 3.43. The Morgan fingerprint density at radius 1 is 0.903 bits per heavy atom. The monoisotopic (exact) mass is 426 g/mol. The maximum atomic E-state index is 12.5. The van der Waals surface area contributed by atoms with Gasteiger partial charge in [0.1, 0.15) is 13.2 Å². The van der Waals surface area contributed by atoms with Gasteiger partial charge in [-0.15, -0.1) is 0 Å². The first-order chi connectivity index (χ1) is 15.0. The summed E-state index contributed by atoms with van der Waals surface area (Å²) in [6.45, 7) is 8.41. The summed E-state index contributed by atoms with van der Waals surface area (Å²) in [5, 5.41) is 5.80. The number of quaternary nitrogens is 1. The fourth-order valence-corrected chi connectivity index (χ4v) is 3.43. The lowest BCUT2D eigenvalue weighted by Crippen LogP contribution is -3.13. The summed E-state index contributed by atoms with van der Waals surface area (Å²) in [6.07, 6.45) is 1.08. The number of benzene rings is 2. The normalized spacial score (nSPS) is 14.4. The van der Waals surface area contributed by atoms with Crippen molar-refractivity contribution in [2.24, 2.45) is 0 Å². The minimum Gasteiger partial charge on any atom is -0.486 e. The van der Waals surface area contributed by atoms with Crippen LogP contribution in [0.2, 0.25) is 0 Å². The van der Waals surface area contributed by atoms with Crippen LogP contribution in [0.1, 0.15) is 38.7 Å². The molecule has 2 atom stereocenters. The van der Waals surface area contributed by atoms with Gasteiger partial charge in [-0.05, 0) is 49.1 Å². The molecule has 0 radical (unpaired) electrons. The van der Waals surface area contributed by atoms with Gasteiger partial charge in [-0.25, -0.2) is 0 Å². The SMILES string of the molecule is CC[C@H](C)c1ccc(NC(=O)C[NH+](CC)CC(=O)Nc2ccc3c(c2)OCCO3)cc1. The zero-order valence-corrected chi connectivity index (χ0v) is 18.5. The van der Waals surface area contributed by atoms with E-state index in [2.05, 4.69) is 36.6 Å².